The van der Waals surface area contributed by atoms with E-state index in [0.29, 0.717) is 11.7 Å². The second kappa shape index (κ2) is 7.32. The van der Waals surface area contributed by atoms with Crippen LogP contribution in [0, 0.1) is 6.42 Å². The van der Waals surface area contributed by atoms with Gasteiger partial charge in [0, 0.05) is 0 Å². The van der Waals surface area contributed by atoms with Crippen molar-refractivity contribution in [2.24, 2.45) is 0 Å². The Morgan fingerprint density at radius 2 is 1.88 bits per heavy atom. The Hall–Kier alpha value is -0.980. The molecular formula is C15H23O. The molecule has 1 aromatic rings. The SMILES string of the molecule is CCCC[CH]CCC(C)c1ccc(O)cc1. The van der Waals surface area contributed by atoms with Gasteiger partial charge < -0.3 is 5.11 Å². The van der Waals surface area contributed by atoms with Crippen molar-refractivity contribution < 1.29 is 5.11 Å². The lowest BCUT2D eigenvalue weighted by Gasteiger charge is -2.11. The molecule has 16 heavy (non-hydrogen) atoms. The Morgan fingerprint density at radius 1 is 1.19 bits per heavy atom. The molecule has 1 unspecified atom stereocenters. The number of aromatic hydroxyl groups is 1. The maximum atomic E-state index is 9.21. The molecule has 1 N–H and O–H groups in total. The van der Waals surface area contributed by atoms with Crippen LogP contribution in [0.4, 0.5) is 0 Å². The van der Waals surface area contributed by atoms with Gasteiger partial charge in [0.1, 0.15) is 5.75 Å². The van der Waals surface area contributed by atoms with Gasteiger partial charge in [-0.05, 0) is 42.9 Å². The van der Waals surface area contributed by atoms with Gasteiger partial charge in [0.15, 0.2) is 0 Å². The molecule has 1 rings (SSSR count). The maximum Gasteiger partial charge on any atom is 0.115 e. The summed E-state index contributed by atoms with van der Waals surface area (Å²) in [5.74, 6) is 0.934. The van der Waals surface area contributed by atoms with Crippen molar-refractivity contribution in [2.75, 3.05) is 0 Å². The van der Waals surface area contributed by atoms with Gasteiger partial charge in [-0.15, -0.1) is 0 Å². The van der Waals surface area contributed by atoms with Crippen molar-refractivity contribution >= 4 is 0 Å². The lowest BCUT2D eigenvalue weighted by Crippen LogP contribution is -1.93. The number of hydrogen-bond donors (Lipinski definition) is 1. The molecule has 89 valence electrons. The minimum Gasteiger partial charge on any atom is -0.508 e. The van der Waals surface area contributed by atoms with Gasteiger partial charge in [-0.2, -0.15) is 0 Å². The van der Waals surface area contributed by atoms with Crippen LogP contribution in [0.3, 0.4) is 0 Å². The quantitative estimate of drug-likeness (QED) is 0.661. The standard InChI is InChI=1S/C15H23O/c1-3-4-5-6-7-8-13(2)14-9-11-15(16)12-10-14/h6,9-13,16H,3-5,7-8H2,1-2H3. The highest BCUT2D eigenvalue weighted by molar-refractivity contribution is 5.27. The van der Waals surface area contributed by atoms with Crippen molar-refractivity contribution in [1.29, 1.82) is 0 Å². The number of hydrogen-bond acceptors (Lipinski definition) is 1. The van der Waals surface area contributed by atoms with Crippen molar-refractivity contribution in [3.05, 3.63) is 36.2 Å². The third kappa shape index (κ3) is 4.69. The molecule has 0 aromatic heterocycles. The fourth-order valence-corrected chi connectivity index (χ4v) is 1.83. The first kappa shape index (κ1) is 13.1. The summed E-state index contributed by atoms with van der Waals surface area (Å²) in [4.78, 5) is 0. The third-order valence-corrected chi connectivity index (χ3v) is 3.03. The van der Waals surface area contributed by atoms with Crippen LogP contribution in [0.5, 0.6) is 5.75 Å². The van der Waals surface area contributed by atoms with E-state index in [1.54, 1.807) is 12.1 Å². The normalized spacial score (nSPS) is 12.6. The van der Waals surface area contributed by atoms with Crippen LogP contribution < -0.4 is 0 Å². The summed E-state index contributed by atoms with van der Waals surface area (Å²) in [6.45, 7) is 4.48. The van der Waals surface area contributed by atoms with Gasteiger partial charge in [-0.25, -0.2) is 0 Å². The van der Waals surface area contributed by atoms with Crippen molar-refractivity contribution in [3.8, 4) is 5.75 Å². The zero-order chi connectivity index (χ0) is 11.8. The summed E-state index contributed by atoms with van der Waals surface area (Å²) < 4.78 is 0. The highest BCUT2D eigenvalue weighted by Crippen LogP contribution is 2.23. The Morgan fingerprint density at radius 3 is 2.50 bits per heavy atom. The van der Waals surface area contributed by atoms with Gasteiger partial charge >= 0.3 is 0 Å². The Kier molecular flexibility index (Phi) is 5.99. The first-order chi connectivity index (χ1) is 7.74. The fraction of sp³-hybridized carbons (Fsp3) is 0.533. The Balaban J connectivity index is 2.24. The summed E-state index contributed by atoms with van der Waals surface area (Å²) in [6.07, 6.45) is 8.65. The minimum absolute atomic E-state index is 0.352. The average Bonchev–Trinajstić information content (AvgIpc) is 2.29. The molecule has 0 aliphatic heterocycles. The zero-order valence-corrected chi connectivity index (χ0v) is 10.4. The van der Waals surface area contributed by atoms with Crippen LogP contribution in [0.1, 0.15) is 57.4 Å². The third-order valence-electron chi connectivity index (χ3n) is 3.03. The molecule has 0 aliphatic carbocycles. The molecule has 0 spiro atoms. The first-order valence-corrected chi connectivity index (χ1v) is 6.34. The van der Waals surface area contributed by atoms with E-state index in [1.807, 2.05) is 12.1 Å². The molecule has 1 nitrogen and oxygen atoms in total. The molecule has 0 saturated heterocycles. The van der Waals surface area contributed by atoms with E-state index in [0.717, 1.165) is 0 Å². The van der Waals surface area contributed by atoms with Gasteiger partial charge in [0.05, 0.1) is 0 Å². The molecule has 0 fully saturated rings. The molecular weight excluding hydrogens is 196 g/mol. The molecule has 0 amide bonds. The number of unbranched alkanes of at least 4 members (excludes halogenated alkanes) is 4. The van der Waals surface area contributed by atoms with Crippen LogP contribution in [-0.2, 0) is 0 Å². The molecule has 1 atom stereocenters. The molecule has 0 bridgehead atoms. The minimum atomic E-state index is 0.352. The number of benzene rings is 1. The summed E-state index contributed by atoms with van der Waals surface area (Å²) in [7, 11) is 0. The predicted molar refractivity (Wildman–Crippen MR) is 69.6 cm³/mol. The molecule has 1 aromatic carbocycles. The van der Waals surface area contributed by atoms with Crippen LogP contribution in [0.25, 0.3) is 0 Å². The zero-order valence-electron chi connectivity index (χ0n) is 10.4. The van der Waals surface area contributed by atoms with Gasteiger partial charge in [0.25, 0.3) is 0 Å². The number of rotatable bonds is 7. The van der Waals surface area contributed by atoms with E-state index in [-0.39, 0.29) is 0 Å². The van der Waals surface area contributed by atoms with Crippen molar-refractivity contribution in [3.63, 3.8) is 0 Å². The maximum absolute atomic E-state index is 9.21. The summed E-state index contributed by atoms with van der Waals surface area (Å²) >= 11 is 0. The lowest BCUT2D eigenvalue weighted by atomic mass is 9.95. The second-order valence-corrected chi connectivity index (χ2v) is 4.50. The van der Waals surface area contributed by atoms with Crippen molar-refractivity contribution in [1.82, 2.24) is 0 Å². The molecule has 1 radical (unpaired) electrons. The second-order valence-electron chi connectivity index (χ2n) is 4.50. The van der Waals surface area contributed by atoms with Crippen LogP contribution in [0.15, 0.2) is 24.3 Å². The highest BCUT2D eigenvalue weighted by Gasteiger charge is 2.04. The molecule has 0 saturated carbocycles. The van der Waals surface area contributed by atoms with E-state index in [2.05, 4.69) is 20.3 Å². The fourth-order valence-electron chi connectivity index (χ4n) is 1.83. The number of phenolic OH excluding ortho intramolecular Hbond substituents is 1. The van der Waals surface area contributed by atoms with E-state index in [1.165, 1.54) is 37.7 Å². The lowest BCUT2D eigenvalue weighted by molar-refractivity contribution is 0.474. The monoisotopic (exact) mass is 219 g/mol. The van der Waals surface area contributed by atoms with Crippen LogP contribution >= 0.6 is 0 Å². The van der Waals surface area contributed by atoms with E-state index < -0.39 is 0 Å². The molecule has 0 heterocycles. The average molecular weight is 219 g/mol. The van der Waals surface area contributed by atoms with Crippen LogP contribution in [-0.4, -0.2) is 5.11 Å². The summed E-state index contributed by atoms with van der Waals surface area (Å²) in [6, 6.07) is 7.58. The van der Waals surface area contributed by atoms with Gasteiger partial charge in [0.2, 0.25) is 0 Å². The van der Waals surface area contributed by atoms with E-state index in [4.69, 9.17) is 0 Å². The van der Waals surface area contributed by atoms with E-state index in [9.17, 15) is 5.11 Å². The van der Waals surface area contributed by atoms with Crippen molar-refractivity contribution in [2.45, 2.75) is 51.9 Å². The van der Waals surface area contributed by atoms with E-state index >= 15 is 0 Å². The topological polar surface area (TPSA) is 20.2 Å². The van der Waals surface area contributed by atoms with Gasteiger partial charge in [-0.1, -0.05) is 45.2 Å². The Labute approximate surface area is 99.5 Å². The largest absolute Gasteiger partial charge is 0.508 e. The molecule has 0 aliphatic rings. The smallest absolute Gasteiger partial charge is 0.115 e. The number of phenols is 1. The highest BCUT2D eigenvalue weighted by atomic mass is 16.3. The Bertz CT molecular complexity index is 276. The first-order valence-electron chi connectivity index (χ1n) is 6.34. The molecule has 1 heteroatoms. The summed E-state index contributed by atoms with van der Waals surface area (Å²) in [5.41, 5.74) is 1.32. The summed E-state index contributed by atoms with van der Waals surface area (Å²) in [5, 5.41) is 9.21. The van der Waals surface area contributed by atoms with Crippen LogP contribution in [0.2, 0.25) is 0 Å². The predicted octanol–water partition coefficient (Wildman–Crippen LogP) is 4.67. The van der Waals surface area contributed by atoms with Gasteiger partial charge in [-0.3, -0.25) is 0 Å².